The molecule has 5 heteroatoms. The van der Waals surface area contributed by atoms with Crippen molar-refractivity contribution in [3.05, 3.63) is 23.8 Å². The lowest BCUT2D eigenvalue weighted by Gasteiger charge is -2.09. The van der Waals surface area contributed by atoms with Gasteiger partial charge < -0.3 is 18.9 Å². The van der Waals surface area contributed by atoms with Crippen LogP contribution >= 0.6 is 0 Å². The number of benzene rings is 1. The number of methoxy groups -OCH3 is 2. The van der Waals surface area contributed by atoms with E-state index in [-0.39, 0.29) is 13.1 Å². The summed E-state index contributed by atoms with van der Waals surface area (Å²) in [6, 6.07) is 5.68. The highest BCUT2D eigenvalue weighted by Crippen LogP contribution is 2.31. The van der Waals surface area contributed by atoms with E-state index in [4.69, 9.17) is 18.9 Å². The molecule has 17 heavy (non-hydrogen) atoms. The Morgan fingerprint density at radius 3 is 2.82 bits per heavy atom. The summed E-state index contributed by atoms with van der Waals surface area (Å²) in [5.41, 5.74) is 0.959. The first-order valence-corrected chi connectivity index (χ1v) is 5.28. The van der Waals surface area contributed by atoms with Crippen molar-refractivity contribution in [2.24, 2.45) is 4.99 Å². The second kappa shape index (κ2) is 5.65. The molecule has 1 aromatic carbocycles. The Kier molecular flexibility index (Phi) is 3.95. The number of fused-ring (bicyclic) bond motifs is 1. The monoisotopic (exact) mass is 237 g/mol. The Morgan fingerprint density at radius 1 is 1.29 bits per heavy atom. The summed E-state index contributed by atoms with van der Waals surface area (Å²) in [6.07, 6.45) is 1.45. The maximum Gasteiger partial charge on any atom is 0.231 e. The summed E-state index contributed by atoms with van der Waals surface area (Å²) in [7, 11) is 3.18. The summed E-state index contributed by atoms with van der Waals surface area (Å²) in [5, 5.41) is 0. The highest BCUT2D eigenvalue weighted by atomic mass is 16.7. The van der Waals surface area contributed by atoms with Crippen LogP contribution in [-0.2, 0) is 9.47 Å². The predicted octanol–water partition coefficient (Wildman–Crippen LogP) is 1.45. The zero-order valence-corrected chi connectivity index (χ0v) is 9.88. The van der Waals surface area contributed by atoms with Crippen LogP contribution in [0.3, 0.4) is 0 Å². The fourth-order valence-electron chi connectivity index (χ4n) is 1.48. The maximum absolute atomic E-state index is 5.28. The van der Waals surface area contributed by atoms with Gasteiger partial charge in [0.05, 0.1) is 6.54 Å². The number of ether oxygens (including phenoxy) is 4. The molecule has 92 valence electrons. The van der Waals surface area contributed by atoms with E-state index in [0.29, 0.717) is 6.54 Å². The largest absolute Gasteiger partial charge is 0.454 e. The van der Waals surface area contributed by atoms with E-state index in [9.17, 15) is 0 Å². The van der Waals surface area contributed by atoms with Crippen molar-refractivity contribution in [2.45, 2.75) is 6.29 Å². The van der Waals surface area contributed by atoms with Crippen LogP contribution in [0.2, 0.25) is 0 Å². The molecule has 0 bridgehead atoms. The third-order valence-corrected chi connectivity index (χ3v) is 2.42. The first-order chi connectivity index (χ1) is 8.33. The number of aliphatic imine (C=N–C) groups is 1. The fourth-order valence-corrected chi connectivity index (χ4v) is 1.48. The van der Waals surface area contributed by atoms with Crippen LogP contribution < -0.4 is 9.47 Å². The van der Waals surface area contributed by atoms with Gasteiger partial charge >= 0.3 is 0 Å². The first kappa shape index (κ1) is 11.9. The molecule has 1 aromatic rings. The zero-order valence-electron chi connectivity index (χ0n) is 9.88. The van der Waals surface area contributed by atoms with Crippen LogP contribution in [-0.4, -0.2) is 40.1 Å². The molecular formula is C12H15NO4. The highest BCUT2D eigenvalue weighted by molar-refractivity contribution is 5.81. The number of hydrogen-bond acceptors (Lipinski definition) is 5. The van der Waals surface area contributed by atoms with Gasteiger partial charge in [0.15, 0.2) is 17.8 Å². The van der Waals surface area contributed by atoms with Crippen molar-refractivity contribution in [1.82, 2.24) is 0 Å². The van der Waals surface area contributed by atoms with Gasteiger partial charge in [0.25, 0.3) is 0 Å². The Bertz CT molecular complexity index is 401. The van der Waals surface area contributed by atoms with Gasteiger partial charge in [-0.15, -0.1) is 0 Å². The SMILES string of the molecule is COC(CN=Cc1ccc2c(c1)OCO2)OC. The molecule has 0 radical (unpaired) electrons. The molecule has 2 rings (SSSR count). The predicted molar refractivity (Wildman–Crippen MR) is 62.8 cm³/mol. The van der Waals surface area contributed by atoms with Gasteiger partial charge in [-0.25, -0.2) is 0 Å². The summed E-state index contributed by atoms with van der Waals surface area (Å²) < 4.78 is 20.6. The molecule has 0 atom stereocenters. The summed E-state index contributed by atoms with van der Waals surface area (Å²) in [6.45, 7) is 0.743. The van der Waals surface area contributed by atoms with Crippen LogP contribution in [0.15, 0.2) is 23.2 Å². The van der Waals surface area contributed by atoms with Crippen LogP contribution in [0.25, 0.3) is 0 Å². The van der Waals surface area contributed by atoms with Crippen LogP contribution in [0, 0.1) is 0 Å². The maximum atomic E-state index is 5.28. The van der Waals surface area contributed by atoms with E-state index in [1.807, 2.05) is 18.2 Å². The lowest BCUT2D eigenvalue weighted by molar-refractivity contribution is -0.0936. The molecule has 0 spiro atoms. The minimum absolute atomic E-state index is 0.283. The highest BCUT2D eigenvalue weighted by Gasteiger charge is 2.12. The molecule has 0 saturated heterocycles. The van der Waals surface area contributed by atoms with E-state index in [1.54, 1.807) is 20.4 Å². The third kappa shape index (κ3) is 2.95. The first-order valence-electron chi connectivity index (χ1n) is 5.28. The van der Waals surface area contributed by atoms with E-state index in [0.717, 1.165) is 17.1 Å². The van der Waals surface area contributed by atoms with E-state index in [1.165, 1.54) is 0 Å². The molecule has 0 saturated carbocycles. The van der Waals surface area contributed by atoms with Crippen molar-refractivity contribution < 1.29 is 18.9 Å². The Balaban J connectivity index is 1.97. The van der Waals surface area contributed by atoms with Crippen LogP contribution in [0.5, 0.6) is 11.5 Å². The van der Waals surface area contributed by atoms with Crippen molar-refractivity contribution >= 4 is 6.21 Å². The van der Waals surface area contributed by atoms with Crippen molar-refractivity contribution in [3.8, 4) is 11.5 Å². The van der Waals surface area contributed by atoms with Gasteiger partial charge in [-0.1, -0.05) is 0 Å². The minimum Gasteiger partial charge on any atom is -0.454 e. The third-order valence-electron chi connectivity index (χ3n) is 2.42. The normalized spacial score (nSPS) is 13.8. The van der Waals surface area contributed by atoms with Gasteiger partial charge in [0, 0.05) is 20.4 Å². The quantitative estimate of drug-likeness (QED) is 0.574. The van der Waals surface area contributed by atoms with Crippen molar-refractivity contribution in [1.29, 1.82) is 0 Å². The van der Waals surface area contributed by atoms with Gasteiger partial charge in [-0.05, 0) is 23.8 Å². The van der Waals surface area contributed by atoms with E-state index >= 15 is 0 Å². The second-order valence-corrected chi connectivity index (χ2v) is 3.51. The smallest absolute Gasteiger partial charge is 0.231 e. The molecule has 0 aromatic heterocycles. The van der Waals surface area contributed by atoms with E-state index in [2.05, 4.69) is 4.99 Å². The standard InChI is InChI=1S/C12H15NO4/c1-14-12(15-2)7-13-6-9-3-4-10-11(5-9)17-8-16-10/h3-6,12H,7-8H2,1-2H3. The summed E-state index contributed by atoms with van der Waals surface area (Å²) in [5.74, 6) is 1.53. The number of rotatable bonds is 5. The number of nitrogens with zero attached hydrogens (tertiary/aromatic N) is 1. The van der Waals surface area contributed by atoms with Gasteiger partial charge in [-0.3, -0.25) is 4.99 Å². The molecule has 1 aliphatic rings. The minimum atomic E-state index is -0.305. The topological polar surface area (TPSA) is 49.3 Å². The van der Waals surface area contributed by atoms with Crippen molar-refractivity contribution in [3.63, 3.8) is 0 Å². The fraction of sp³-hybridized carbons (Fsp3) is 0.417. The van der Waals surface area contributed by atoms with Gasteiger partial charge in [0.2, 0.25) is 6.79 Å². The Labute approximate surface area is 100.0 Å². The molecule has 0 unspecified atom stereocenters. The molecule has 1 heterocycles. The molecule has 5 nitrogen and oxygen atoms in total. The van der Waals surface area contributed by atoms with Crippen LogP contribution in [0.1, 0.15) is 5.56 Å². The van der Waals surface area contributed by atoms with E-state index < -0.39 is 0 Å². The molecule has 1 aliphatic heterocycles. The lowest BCUT2D eigenvalue weighted by Crippen LogP contribution is -2.16. The molecule has 0 amide bonds. The molecule has 0 N–H and O–H groups in total. The molecular weight excluding hydrogens is 222 g/mol. The van der Waals surface area contributed by atoms with Gasteiger partial charge in [0.1, 0.15) is 0 Å². The summed E-state index contributed by atoms with van der Waals surface area (Å²) >= 11 is 0. The summed E-state index contributed by atoms with van der Waals surface area (Å²) in [4.78, 5) is 4.24. The van der Waals surface area contributed by atoms with Crippen LogP contribution in [0.4, 0.5) is 0 Å². The van der Waals surface area contributed by atoms with Gasteiger partial charge in [-0.2, -0.15) is 0 Å². The Hall–Kier alpha value is -1.59. The lowest BCUT2D eigenvalue weighted by atomic mass is 10.2. The average molecular weight is 237 g/mol. The average Bonchev–Trinajstić information content (AvgIpc) is 2.82. The number of hydrogen-bond donors (Lipinski definition) is 0. The Morgan fingerprint density at radius 2 is 2.06 bits per heavy atom. The second-order valence-electron chi connectivity index (χ2n) is 3.51. The molecule has 0 aliphatic carbocycles. The van der Waals surface area contributed by atoms with Crippen molar-refractivity contribution in [2.75, 3.05) is 27.6 Å². The molecule has 0 fully saturated rings. The zero-order chi connectivity index (χ0) is 12.1.